The Morgan fingerprint density at radius 3 is 2.44 bits per heavy atom. The van der Waals surface area contributed by atoms with E-state index < -0.39 is 13.9 Å². The van der Waals surface area contributed by atoms with Crippen molar-refractivity contribution in [3.63, 3.8) is 0 Å². The van der Waals surface area contributed by atoms with Gasteiger partial charge in [0.15, 0.2) is 8.32 Å². The third kappa shape index (κ3) is 2.04. The Hall–Kier alpha value is -0.653. The third-order valence-corrected chi connectivity index (χ3v) is 4.40. The van der Waals surface area contributed by atoms with Gasteiger partial charge in [-0.2, -0.15) is 0 Å². The van der Waals surface area contributed by atoms with Gasteiger partial charge in [-0.15, -0.1) is 0 Å². The number of carbonyl (C=O) groups excluding carboxylic acids is 1. The number of ether oxygens (including phenoxy) is 2. The van der Waals surface area contributed by atoms with E-state index in [9.17, 15) is 4.79 Å². The van der Waals surface area contributed by atoms with E-state index >= 15 is 0 Å². The second-order valence-corrected chi connectivity index (χ2v) is 10.5. The lowest BCUT2D eigenvalue weighted by molar-refractivity contribution is -0.155. The highest BCUT2D eigenvalue weighted by molar-refractivity contribution is 6.69. The van der Waals surface area contributed by atoms with E-state index in [0.29, 0.717) is 0 Å². The highest BCUT2D eigenvalue weighted by Crippen LogP contribution is 2.52. The van der Waals surface area contributed by atoms with Gasteiger partial charge >= 0.3 is 5.97 Å². The molecule has 0 radical (unpaired) electrons. The quantitative estimate of drug-likeness (QED) is 0.340. The van der Waals surface area contributed by atoms with Crippen molar-refractivity contribution in [2.45, 2.75) is 64.3 Å². The molecule has 2 saturated heterocycles. The molecule has 5 heteroatoms. The first-order chi connectivity index (χ1) is 8.22. The Bertz CT molecular complexity index is 398. The molecule has 0 aliphatic carbocycles. The zero-order valence-electron chi connectivity index (χ0n) is 11.9. The molecule has 4 atom stereocenters. The average molecular weight is 270 g/mol. The van der Waals surface area contributed by atoms with Gasteiger partial charge in [-0.25, -0.2) is 4.79 Å². The highest BCUT2D eigenvalue weighted by atomic mass is 28.4. The molecule has 2 aliphatic rings. The van der Waals surface area contributed by atoms with Crippen LogP contribution in [0.2, 0.25) is 19.6 Å². The highest BCUT2D eigenvalue weighted by Gasteiger charge is 2.76. The van der Waals surface area contributed by atoms with Crippen LogP contribution in [0.5, 0.6) is 0 Å². The molecule has 0 N–H and O–H groups in total. The molecule has 102 valence electrons. The van der Waals surface area contributed by atoms with E-state index in [-0.39, 0.29) is 24.3 Å². The average Bonchev–Trinajstić information content (AvgIpc) is 2.94. The Labute approximate surface area is 109 Å². The molecule has 0 aromatic rings. The fourth-order valence-electron chi connectivity index (χ4n) is 2.45. The van der Waals surface area contributed by atoms with Gasteiger partial charge in [-0.3, -0.25) is 0 Å². The summed E-state index contributed by atoms with van der Waals surface area (Å²) in [7, 11) is -1.77. The molecule has 0 amide bonds. The molecule has 1 unspecified atom stereocenters. The molecule has 2 rings (SSSR count). The Kier molecular flexibility index (Phi) is 3.20. The molecule has 4 nitrogen and oxygen atoms in total. The van der Waals surface area contributed by atoms with Gasteiger partial charge in [0.1, 0.15) is 18.3 Å². The summed E-state index contributed by atoms with van der Waals surface area (Å²) in [5, 5.41) is 0. The van der Waals surface area contributed by atoms with Crippen LogP contribution in [0.15, 0.2) is 11.6 Å². The second-order valence-electron chi connectivity index (χ2n) is 6.08. The van der Waals surface area contributed by atoms with Crippen LogP contribution in [0.25, 0.3) is 0 Å². The summed E-state index contributed by atoms with van der Waals surface area (Å²) >= 11 is 0. The van der Waals surface area contributed by atoms with E-state index in [2.05, 4.69) is 19.6 Å². The first-order valence-corrected chi connectivity index (χ1v) is 9.82. The minimum atomic E-state index is -1.77. The summed E-state index contributed by atoms with van der Waals surface area (Å²) in [5.74, 6) is -0.274. The predicted octanol–water partition coefficient (Wildman–Crippen LogP) is 2.26. The molecule has 0 aromatic heterocycles. The van der Waals surface area contributed by atoms with Crippen molar-refractivity contribution >= 4 is 14.3 Å². The first-order valence-electron chi connectivity index (χ1n) is 6.42. The van der Waals surface area contributed by atoms with Crippen LogP contribution in [0, 0.1) is 0 Å². The molecular weight excluding hydrogens is 248 g/mol. The number of epoxide rings is 1. The van der Waals surface area contributed by atoms with Crippen molar-refractivity contribution in [2.75, 3.05) is 0 Å². The summed E-state index contributed by atoms with van der Waals surface area (Å²) in [4.78, 5) is 12.1. The van der Waals surface area contributed by atoms with Crippen molar-refractivity contribution in [1.29, 1.82) is 0 Å². The number of cyclic esters (lactones) is 1. The van der Waals surface area contributed by atoms with Crippen LogP contribution in [0.1, 0.15) is 20.8 Å². The van der Waals surface area contributed by atoms with Gasteiger partial charge in [-0.05, 0) is 46.0 Å². The fraction of sp³-hybridized carbons (Fsp3) is 0.769. The van der Waals surface area contributed by atoms with Crippen LogP contribution in [0.3, 0.4) is 0 Å². The lowest BCUT2D eigenvalue weighted by Crippen LogP contribution is -2.45. The number of esters is 1. The zero-order valence-corrected chi connectivity index (χ0v) is 12.9. The molecule has 2 aliphatic heterocycles. The predicted molar refractivity (Wildman–Crippen MR) is 70.8 cm³/mol. The Morgan fingerprint density at radius 2 is 2.11 bits per heavy atom. The van der Waals surface area contributed by atoms with Crippen molar-refractivity contribution < 1.29 is 18.7 Å². The van der Waals surface area contributed by atoms with E-state index in [1.807, 2.05) is 26.8 Å². The second kappa shape index (κ2) is 4.18. The largest absolute Gasteiger partial charge is 0.457 e. The third-order valence-electron chi connectivity index (χ3n) is 3.46. The molecular formula is C13H22O4Si. The van der Waals surface area contributed by atoms with Gasteiger partial charge in [0.05, 0.1) is 0 Å². The summed E-state index contributed by atoms with van der Waals surface area (Å²) in [6, 6.07) is 0. The molecule has 18 heavy (non-hydrogen) atoms. The standard InChI is InChI=1S/C13H22O4Si/c1-7-8(2)10(17-18(4,5)6)13-11(16-13)9(3)15-12(13)14/h7,9-11H,1-6H3/b8-7+/t9-,10?,11-,13-/m0/s1. The maximum Gasteiger partial charge on any atom is 0.344 e. The van der Waals surface area contributed by atoms with Crippen LogP contribution in [0.4, 0.5) is 0 Å². The van der Waals surface area contributed by atoms with E-state index in [1.54, 1.807) is 0 Å². The smallest absolute Gasteiger partial charge is 0.344 e. The summed E-state index contributed by atoms with van der Waals surface area (Å²) in [6.45, 7) is 12.1. The minimum Gasteiger partial charge on any atom is -0.457 e. The van der Waals surface area contributed by atoms with E-state index in [0.717, 1.165) is 5.57 Å². The molecule has 0 spiro atoms. The van der Waals surface area contributed by atoms with E-state index in [4.69, 9.17) is 13.9 Å². The van der Waals surface area contributed by atoms with Gasteiger partial charge in [0.25, 0.3) is 0 Å². The van der Waals surface area contributed by atoms with Crippen LogP contribution in [-0.2, 0) is 18.7 Å². The first kappa shape index (κ1) is 13.8. The molecule has 0 bridgehead atoms. The molecule has 0 aromatic carbocycles. The maximum atomic E-state index is 12.1. The van der Waals surface area contributed by atoms with Gasteiger partial charge < -0.3 is 13.9 Å². The number of hydrogen-bond donors (Lipinski definition) is 0. The number of fused-ring (bicyclic) bond motifs is 1. The monoisotopic (exact) mass is 270 g/mol. The van der Waals surface area contributed by atoms with Gasteiger partial charge in [0.2, 0.25) is 5.60 Å². The van der Waals surface area contributed by atoms with Crippen LogP contribution < -0.4 is 0 Å². The summed E-state index contributed by atoms with van der Waals surface area (Å²) in [6.07, 6.45) is 1.35. The zero-order chi connectivity index (χ0) is 13.7. The number of hydrogen-bond acceptors (Lipinski definition) is 4. The normalized spacial score (nSPS) is 37.2. The van der Waals surface area contributed by atoms with Crippen molar-refractivity contribution in [2.24, 2.45) is 0 Å². The minimum absolute atomic E-state index is 0.152. The lowest BCUT2D eigenvalue weighted by Gasteiger charge is -2.29. The fourth-order valence-corrected chi connectivity index (χ4v) is 3.52. The maximum absolute atomic E-state index is 12.1. The molecule has 0 saturated carbocycles. The lowest BCUT2D eigenvalue weighted by atomic mass is 9.93. The summed E-state index contributed by atoms with van der Waals surface area (Å²) < 4.78 is 17.1. The Morgan fingerprint density at radius 1 is 1.50 bits per heavy atom. The van der Waals surface area contributed by atoms with Crippen molar-refractivity contribution in [3.05, 3.63) is 11.6 Å². The molecule has 2 heterocycles. The van der Waals surface area contributed by atoms with Crippen molar-refractivity contribution in [1.82, 2.24) is 0 Å². The van der Waals surface area contributed by atoms with Gasteiger partial charge in [0, 0.05) is 0 Å². The summed E-state index contributed by atoms with van der Waals surface area (Å²) in [5.41, 5.74) is 0.155. The van der Waals surface area contributed by atoms with Crippen LogP contribution >= 0.6 is 0 Å². The SMILES string of the molecule is C/C=C(\C)C(O[Si](C)(C)C)[C@]12O[C@H]1[C@H](C)OC2=O. The van der Waals surface area contributed by atoms with E-state index in [1.165, 1.54) is 0 Å². The van der Waals surface area contributed by atoms with Gasteiger partial charge in [-0.1, -0.05) is 6.08 Å². The topological polar surface area (TPSA) is 48.1 Å². The van der Waals surface area contributed by atoms with Crippen molar-refractivity contribution in [3.8, 4) is 0 Å². The number of allylic oxidation sites excluding steroid dienone is 1. The Balaban J connectivity index is 2.29. The number of carbonyl (C=O) groups is 1. The number of rotatable bonds is 4. The molecule has 2 fully saturated rings. The van der Waals surface area contributed by atoms with Crippen LogP contribution in [-0.4, -0.2) is 38.2 Å².